The molecule has 3 nitrogen and oxygen atoms in total. The van der Waals surface area contributed by atoms with E-state index in [0.29, 0.717) is 0 Å². The largest absolute Gasteiger partial charge is 0.322 e. The molecule has 0 aliphatic heterocycles. The van der Waals surface area contributed by atoms with Gasteiger partial charge < -0.3 is 5.43 Å². The van der Waals surface area contributed by atoms with Crippen LogP contribution >= 0.6 is 0 Å². The molecule has 0 unspecified atom stereocenters. The molecule has 3 rings (SSSR count). The molecule has 1 aromatic carbocycles. The van der Waals surface area contributed by atoms with Gasteiger partial charge in [-0.15, -0.1) is 0 Å². The molecule has 0 spiro atoms. The predicted octanol–water partition coefficient (Wildman–Crippen LogP) is 3.09. The Morgan fingerprint density at radius 3 is 2.72 bits per heavy atom. The molecular formula is C15H15N3. The van der Waals surface area contributed by atoms with E-state index in [1.54, 1.807) is 0 Å². The molecule has 0 radical (unpaired) electrons. The van der Waals surface area contributed by atoms with Crippen LogP contribution < -0.4 is 5.43 Å². The third-order valence-corrected chi connectivity index (χ3v) is 2.99. The zero-order valence-corrected chi connectivity index (χ0v) is 10.3. The van der Waals surface area contributed by atoms with Crippen molar-refractivity contribution < 1.29 is 0 Å². The van der Waals surface area contributed by atoms with Gasteiger partial charge in [-0.05, 0) is 36.8 Å². The summed E-state index contributed by atoms with van der Waals surface area (Å²) in [5.74, 6) is 0. The Bertz CT molecular complexity index is 657. The normalized spacial score (nSPS) is 10.7. The fourth-order valence-electron chi connectivity index (χ4n) is 2.16. The SMILES string of the molecule is Cc1cc(CNn2cccc2)c2ccccc2n1. The Morgan fingerprint density at radius 1 is 1.11 bits per heavy atom. The minimum atomic E-state index is 0.790. The van der Waals surface area contributed by atoms with Gasteiger partial charge in [0.25, 0.3) is 0 Å². The fourth-order valence-corrected chi connectivity index (χ4v) is 2.16. The van der Waals surface area contributed by atoms with Gasteiger partial charge in [-0.1, -0.05) is 18.2 Å². The van der Waals surface area contributed by atoms with Crippen molar-refractivity contribution in [2.24, 2.45) is 0 Å². The fraction of sp³-hybridized carbons (Fsp3) is 0.133. The Kier molecular flexibility index (Phi) is 2.73. The van der Waals surface area contributed by atoms with Crippen LogP contribution in [0, 0.1) is 6.92 Å². The number of pyridine rings is 1. The number of benzene rings is 1. The van der Waals surface area contributed by atoms with E-state index >= 15 is 0 Å². The van der Waals surface area contributed by atoms with Crippen LogP contribution in [-0.2, 0) is 6.54 Å². The second kappa shape index (κ2) is 4.53. The van der Waals surface area contributed by atoms with Gasteiger partial charge in [0.1, 0.15) is 0 Å². The molecule has 18 heavy (non-hydrogen) atoms. The first-order valence-electron chi connectivity index (χ1n) is 6.05. The van der Waals surface area contributed by atoms with Crippen LogP contribution in [0.15, 0.2) is 54.9 Å². The monoisotopic (exact) mass is 237 g/mol. The zero-order chi connectivity index (χ0) is 12.4. The Hall–Kier alpha value is -2.29. The van der Waals surface area contributed by atoms with Gasteiger partial charge in [0.05, 0.1) is 12.1 Å². The van der Waals surface area contributed by atoms with Crippen LogP contribution in [0.5, 0.6) is 0 Å². The molecule has 0 saturated carbocycles. The zero-order valence-electron chi connectivity index (χ0n) is 10.3. The molecule has 3 aromatic rings. The number of aryl methyl sites for hydroxylation is 1. The van der Waals surface area contributed by atoms with Gasteiger partial charge in [-0.2, -0.15) is 0 Å². The van der Waals surface area contributed by atoms with Gasteiger partial charge in [-0.25, -0.2) is 0 Å². The van der Waals surface area contributed by atoms with Gasteiger partial charge in [0.2, 0.25) is 0 Å². The molecule has 2 aromatic heterocycles. The highest BCUT2D eigenvalue weighted by atomic mass is 15.4. The minimum absolute atomic E-state index is 0.790. The van der Waals surface area contributed by atoms with Crippen molar-refractivity contribution in [3.63, 3.8) is 0 Å². The molecule has 0 aliphatic rings. The number of fused-ring (bicyclic) bond motifs is 1. The van der Waals surface area contributed by atoms with Crippen LogP contribution in [0.2, 0.25) is 0 Å². The highest BCUT2D eigenvalue weighted by Gasteiger charge is 2.03. The quantitative estimate of drug-likeness (QED) is 0.758. The second-order valence-electron chi connectivity index (χ2n) is 4.37. The first-order chi connectivity index (χ1) is 8.83. The van der Waals surface area contributed by atoms with E-state index in [9.17, 15) is 0 Å². The minimum Gasteiger partial charge on any atom is -0.322 e. The van der Waals surface area contributed by atoms with E-state index in [1.807, 2.05) is 42.2 Å². The van der Waals surface area contributed by atoms with E-state index in [1.165, 1.54) is 10.9 Å². The summed E-state index contributed by atoms with van der Waals surface area (Å²) in [6.07, 6.45) is 3.99. The third kappa shape index (κ3) is 2.07. The van der Waals surface area contributed by atoms with E-state index < -0.39 is 0 Å². The summed E-state index contributed by atoms with van der Waals surface area (Å²) in [6.45, 7) is 2.82. The van der Waals surface area contributed by atoms with E-state index in [-0.39, 0.29) is 0 Å². The smallest absolute Gasteiger partial charge is 0.0708 e. The number of hydrogen-bond donors (Lipinski definition) is 1. The predicted molar refractivity (Wildman–Crippen MR) is 74.0 cm³/mol. The molecule has 0 amide bonds. The first kappa shape index (κ1) is 10.8. The van der Waals surface area contributed by atoms with Crippen LogP contribution in [-0.4, -0.2) is 9.66 Å². The van der Waals surface area contributed by atoms with Crippen molar-refractivity contribution in [1.82, 2.24) is 9.66 Å². The second-order valence-corrected chi connectivity index (χ2v) is 4.37. The Labute approximate surface area is 106 Å². The molecule has 0 bridgehead atoms. The van der Waals surface area contributed by atoms with Gasteiger partial charge in [0.15, 0.2) is 0 Å². The van der Waals surface area contributed by atoms with E-state index in [4.69, 9.17) is 0 Å². The summed E-state index contributed by atoms with van der Waals surface area (Å²) in [4.78, 5) is 4.55. The van der Waals surface area contributed by atoms with Crippen molar-refractivity contribution in [2.45, 2.75) is 13.5 Å². The van der Waals surface area contributed by atoms with Crippen molar-refractivity contribution in [3.8, 4) is 0 Å². The lowest BCUT2D eigenvalue weighted by Crippen LogP contribution is -2.12. The van der Waals surface area contributed by atoms with Crippen LogP contribution in [0.25, 0.3) is 10.9 Å². The summed E-state index contributed by atoms with van der Waals surface area (Å²) < 4.78 is 1.96. The van der Waals surface area contributed by atoms with Crippen LogP contribution in [0.1, 0.15) is 11.3 Å². The number of nitrogens with zero attached hydrogens (tertiary/aromatic N) is 2. The maximum absolute atomic E-state index is 4.55. The number of rotatable bonds is 3. The van der Waals surface area contributed by atoms with E-state index in [0.717, 1.165) is 17.8 Å². The van der Waals surface area contributed by atoms with Gasteiger partial charge in [-0.3, -0.25) is 9.66 Å². The molecule has 0 fully saturated rings. The highest BCUT2D eigenvalue weighted by molar-refractivity contribution is 5.82. The van der Waals surface area contributed by atoms with Crippen LogP contribution in [0.4, 0.5) is 0 Å². The third-order valence-electron chi connectivity index (χ3n) is 2.99. The lowest BCUT2D eigenvalue weighted by Gasteiger charge is -2.11. The average molecular weight is 237 g/mol. The first-order valence-corrected chi connectivity index (χ1v) is 6.05. The van der Waals surface area contributed by atoms with Gasteiger partial charge in [0, 0.05) is 23.5 Å². The summed E-state index contributed by atoms with van der Waals surface area (Å²) in [6, 6.07) is 14.4. The topological polar surface area (TPSA) is 29.9 Å². The van der Waals surface area contributed by atoms with Gasteiger partial charge >= 0.3 is 0 Å². The average Bonchev–Trinajstić information content (AvgIpc) is 2.89. The molecule has 1 N–H and O–H groups in total. The molecule has 2 heterocycles. The van der Waals surface area contributed by atoms with Crippen molar-refractivity contribution >= 4 is 10.9 Å². The molecule has 0 aliphatic carbocycles. The maximum atomic E-state index is 4.55. The maximum Gasteiger partial charge on any atom is 0.0708 e. The highest BCUT2D eigenvalue weighted by Crippen LogP contribution is 2.18. The molecule has 0 atom stereocenters. The molecule has 0 saturated heterocycles. The number of hydrogen-bond acceptors (Lipinski definition) is 2. The molecular weight excluding hydrogens is 222 g/mol. The lowest BCUT2D eigenvalue weighted by atomic mass is 10.1. The summed E-state index contributed by atoms with van der Waals surface area (Å²) >= 11 is 0. The summed E-state index contributed by atoms with van der Waals surface area (Å²) in [5, 5.41) is 1.21. The summed E-state index contributed by atoms with van der Waals surface area (Å²) in [5.41, 5.74) is 6.73. The number of aromatic nitrogens is 2. The Morgan fingerprint density at radius 2 is 1.89 bits per heavy atom. The standard InChI is InChI=1S/C15H15N3/c1-12-10-13(11-16-18-8-4-5-9-18)14-6-2-3-7-15(14)17-12/h2-10,16H,11H2,1H3. The summed E-state index contributed by atoms with van der Waals surface area (Å²) in [7, 11) is 0. The van der Waals surface area contributed by atoms with Crippen molar-refractivity contribution in [2.75, 3.05) is 5.43 Å². The Balaban J connectivity index is 1.95. The van der Waals surface area contributed by atoms with E-state index in [2.05, 4.69) is 34.7 Å². The molecule has 3 heteroatoms. The number of para-hydroxylation sites is 1. The molecule has 90 valence electrons. The number of nitrogens with one attached hydrogen (secondary N) is 1. The van der Waals surface area contributed by atoms with Crippen molar-refractivity contribution in [1.29, 1.82) is 0 Å². The van der Waals surface area contributed by atoms with Crippen LogP contribution in [0.3, 0.4) is 0 Å². The van der Waals surface area contributed by atoms with Crippen molar-refractivity contribution in [3.05, 3.63) is 66.1 Å². The lowest BCUT2D eigenvalue weighted by molar-refractivity contribution is 0.849.